The second kappa shape index (κ2) is 9.61. The second-order valence-corrected chi connectivity index (χ2v) is 8.24. The number of amidine groups is 1. The van der Waals surface area contributed by atoms with Gasteiger partial charge in [-0.05, 0) is 47.4 Å². The minimum atomic E-state index is -0.904. The Balaban J connectivity index is 0.000000636. The van der Waals surface area contributed by atoms with Gasteiger partial charge in [-0.15, -0.1) is 0 Å². The maximum Gasteiger partial charge on any atom is 0.300 e. The normalized spacial score (nSPS) is 18.9. The average Bonchev–Trinajstić information content (AvgIpc) is 3.15. The third kappa shape index (κ3) is 4.24. The summed E-state index contributed by atoms with van der Waals surface area (Å²) in [6.45, 7) is 2.56. The van der Waals surface area contributed by atoms with Crippen LogP contribution < -0.4 is 5.73 Å². The van der Waals surface area contributed by atoms with Gasteiger partial charge in [0.15, 0.2) is 11.5 Å². The molecule has 2 aliphatic heterocycles. The van der Waals surface area contributed by atoms with Gasteiger partial charge in [-0.2, -0.15) is 0 Å². The van der Waals surface area contributed by atoms with Crippen molar-refractivity contribution in [1.82, 2.24) is 9.88 Å². The first kappa shape index (κ1) is 23.4. The molecule has 34 heavy (non-hydrogen) atoms. The highest BCUT2D eigenvalue weighted by molar-refractivity contribution is 6.31. The monoisotopic (exact) mass is 479 g/mol. The van der Waals surface area contributed by atoms with E-state index in [2.05, 4.69) is 4.98 Å². The van der Waals surface area contributed by atoms with Gasteiger partial charge in [0.25, 0.3) is 5.97 Å². The van der Waals surface area contributed by atoms with E-state index < -0.39 is 17.3 Å². The van der Waals surface area contributed by atoms with Crippen molar-refractivity contribution in [1.29, 1.82) is 0 Å². The minimum Gasteiger partial charge on any atom is -0.481 e. The van der Waals surface area contributed by atoms with Crippen molar-refractivity contribution >= 4 is 29.4 Å². The summed E-state index contributed by atoms with van der Waals surface area (Å²) in [6, 6.07) is 16.5. The predicted octanol–water partition coefficient (Wildman–Crippen LogP) is 4.31. The Labute approximate surface area is 201 Å². The van der Waals surface area contributed by atoms with Crippen LogP contribution in [0.15, 0.2) is 77.0 Å². The van der Waals surface area contributed by atoms with Crippen molar-refractivity contribution in [2.24, 2.45) is 15.7 Å². The van der Waals surface area contributed by atoms with Crippen LogP contribution in [0, 0.1) is 5.82 Å². The molecule has 3 N–H and O–H groups in total. The summed E-state index contributed by atoms with van der Waals surface area (Å²) in [5, 5.41) is 7.51. The molecule has 0 amide bonds. The van der Waals surface area contributed by atoms with E-state index in [0.29, 0.717) is 23.6 Å². The molecule has 1 atom stereocenters. The number of aliphatic carboxylic acids is 1. The average molecular weight is 480 g/mol. The third-order valence-electron chi connectivity index (χ3n) is 5.58. The summed E-state index contributed by atoms with van der Waals surface area (Å²) in [5.74, 6) is -0.0499. The van der Waals surface area contributed by atoms with E-state index in [1.807, 2.05) is 41.3 Å². The molecule has 5 rings (SSSR count). The largest absolute Gasteiger partial charge is 0.481 e. The van der Waals surface area contributed by atoms with Crippen molar-refractivity contribution in [2.45, 2.75) is 18.9 Å². The Morgan fingerprint density at radius 1 is 1.15 bits per heavy atom. The lowest BCUT2D eigenvalue weighted by atomic mass is 9.81. The van der Waals surface area contributed by atoms with Crippen molar-refractivity contribution in [2.75, 3.05) is 13.1 Å². The molecular formula is C25H23ClFN5O2. The van der Waals surface area contributed by atoms with Crippen LogP contribution in [0.4, 0.5) is 4.39 Å². The van der Waals surface area contributed by atoms with Crippen LogP contribution in [0.2, 0.25) is 5.02 Å². The smallest absolute Gasteiger partial charge is 0.300 e. The van der Waals surface area contributed by atoms with Gasteiger partial charge in [0.05, 0.1) is 5.02 Å². The second-order valence-electron chi connectivity index (χ2n) is 7.83. The number of aromatic nitrogens is 1. The van der Waals surface area contributed by atoms with Crippen molar-refractivity contribution in [3.63, 3.8) is 0 Å². The Kier molecular flexibility index (Phi) is 6.61. The zero-order valence-electron chi connectivity index (χ0n) is 18.4. The number of fused-ring (bicyclic) bond motifs is 1. The number of hydrogen-bond donors (Lipinski definition) is 2. The van der Waals surface area contributed by atoms with E-state index in [1.54, 1.807) is 30.6 Å². The van der Waals surface area contributed by atoms with Crippen molar-refractivity contribution in [3.05, 3.63) is 89.0 Å². The summed E-state index contributed by atoms with van der Waals surface area (Å²) in [5.41, 5.74) is 8.35. The molecule has 0 radical (unpaired) electrons. The molecular weight excluding hydrogens is 457 g/mol. The maximum atomic E-state index is 14.7. The van der Waals surface area contributed by atoms with E-state index in [1.165, 1.54) is 0 Å². The number of halogens is 2. The summed E-state index contributed by atoms with van der Waals surface area (Å²) in [6.07, 6.45) is 4.38. The van der Waals surface area contributed by atoms with Gasteiger partial charge in [-0.25, -0.2) is 9.38 Å². The molecule has 2 aliphatic rings. The summed E-state index contributed by atoms with van der Waals surface area (Å²) >= 11 is 6.02. The van der Waals surface area contributed by atoms with Crippen LogP contribution in [0.5, 0.6) is 0 Å². The van der Waals surface area contributed by atoms with Crippen molar-refractivity contribution < 1.29 is 14.3 Å². The zero-order valence-corrected chi connectivity index (χ0v) is 19.2. The molecule has 0 fully saturated rings. The van der Waals surface area contributed by atoms with Gasteiger partial charge in [-0.3, -0.25) is 19.7 Å². The third-order valence-corrected chi connectivity index (χ3v) is 5.87. The number of benzene rings is 2. The number of hydrogen-bond acceptors (Lipinski definition) is 6. The van der Waals surface area contributed by atoms with E-state index >= 15 is 0 Å². The number of nitrogens with two attached hydrogens (primary N) is 1. The van der Waals surface area contributed by atoms with Gasteiger partial charge >= 0.3 is 0 Å². The fourth-order valence-corrected chi connectivity index (χ4v) is 4.38. The summed E-state index contributed by atoms with van der Waals surface area (Å²) in [4.78, 5) is 24.9. The lowest BCUT2D eigenvalue weighted by Gasteiger charge is -2.33. The molecule has 0 bridgehead atoms. The van der Waals surface area contributed by atoms with E-state index in [9.17, 15) is 4.39 Å². The number of carbonyl (C=O) groups is 1. The molecule has 2 aromatic carbocycles. The van der Waals surface area contributed by atoms with Crippen LogP contribution in [-0.2, 0) is 10.3 Å². The van der Waals surface area contributed by atoms with E-state index in [0.717, 1.165) is 36.9 Å². The Hall–Kier alpha value is -3.78. The number of pyridine rings is 1. The molecule has 1 unspecified atom stereocenters. The van der Waals surface area contributed by atoms with Crippen LogP contribution in [-0.4, -0.2) is 45.8 Å². The molecule has 0 saturated heterocycles. The van der Waals surface area contributed by atoms with Crippen LogP contribution in [0.3, 0.4) is 0 Å². The lowest BCUT2D eigenvalue weighted by molar-refractivity contribution is -0.134. The topological polar surface area (TPSA) is 104 Å². The first-order chi connectivity index (χ1) is 16.3. The maximum absolute atomic E-state index is 14.7. The van der Waals surface area contributed by atoms with Crippen LogP contribution in [0.25, 0.3) is 11.1 Å². The first-order valence-electron chi connectivity index (χ1n) is 10.7. The molecule has 174 valence electrons. The fourth-order valence-electron chi connectivity index (χ4n) is 4.21. The SMILES string of the molecule is CC(=O)O.NC1=NC(c2ccncc2)(c2cccc(-c3cccc(Cl)c3F)c2)C2=NCCCN12. The van der Waals surface area contributed by atoms with E-state index in [-0.39, 0.29) is 5.02 Å². The highest BCUT2D eigenvalue weighted by Gasteiger charge is 2.49. The first-order valence-corrected chi connectivity index (χ1v) is 11.0. The molecule has 7 nitrogen and oxygen atoms in total. The summed E-state index contributed by atoms with van der Waals surface area (Å²) in [7, 11) is 0. The Bertz CT molecular complexity index is 1280. The van der Waals surface area contributed by atoms with Gasteiger partial charge in [0.2, 0.25) is 0 Å². The number of carboxylic acid groups (broad SMARTS) is 1. The standard InChI is InChI=1S/C23H19ClFN5.C2H4O2/c24-19-7-2-6-18(20(19)25)15-4-1-5-17(14-15)23(16-8-11-27-12-9-16)21-28-10-3-13-30(21)22(26)29-23;1-2(3)4/h1-2,4-9,11-12,14H,3,10,13H2,(H2,26,29);1H3,(H,3,4). The molecule has 3 heterocycles. The molecule has 0 spiro atoms. The highest BCUT2D eigenvalue weighted by atomic mass is 35.5. The highest BCUT2D eigenvalue weighted by Crippen LogP contribution is 2.42. The van der Waals surface area contributed by atoms with Gasteiger partial charge in [-0.1, -0.05) is 41.9 Å². The Morgan fingerprint density at radius 2 is 1.85 bits per heavy atom. The minimum absolute atomic E-state index is 0.0905. The number of aliphatic imine (C=N–C) groups is 2. The van der Waals surface area contributed by atoms with E-state index in [4.69, 9.17) is 37.2 Å². The van der Waals surface area contributed by atoms with Crippen molar-refractivity contribution in [3.8, 4) is 11.1 Å². The van der Waals surface area contributed by atoms with Crippen LogP contribution in [0.1, 0.15) is 24.5 Å². The molecule has 3 aromatic rings. The summed E-state index contributed by atoms with van der Waals surface area (Å²) < 4.78 is 14.7. The number of nitrogens with zero attached hydrogens (tertiary/aromatic N) is 4. The van der Waals surface area contributed by atoms with Gasteiger partial charge in [0, 0.05) is 38.0 Å². The van der Waals surface area contributed by atoms with Crippen LogP contribution >= 0.6 is 11.6 Å². The molecule has 1 aromatic heterocycles. The lowest BCUT2D eigenvalue weighted by Crippen LogP contribution is -2.46. The zero-order chi connectivity index (χ0) is 24.3. The number of rotatable bonds is 3. The quantitative estimate of drug-likeness (QED) is 0.582. The predicted molar refractivity (Wildman–Crippen MR) is 130 cm³/mol. The number of carboxylic acids is 1. The Morgan fingerprint density at radius 3 is 2.59 bits per heavy atom. The fraction of sp³-hybridized carbons (Fsp3) is 0.200. The van der Waals surface area contributed by atoms with Gasteiger partial charge in [0.1, 0.15) is 11.7 Å². The molecule has 9 heteroatoms. The molecule has 0 aliphatic carbocycles. The van der Waals surface area contributed by atoms with Gasteiger partial charge < -0.3 is 10.8 Å². The molecule has 0 saturated carbocycles. The number of guanidine groups is 1.